The van der Waals surface area contributed by atoms with Crippen LogP contribution in [0.2, 0.25) is 0 Å². The molecule has 1 aromatic rings. The van der Waals surface area contributed by atoms with Crippen LogP contribution in [0.25, 0.3) is 0 Å². The first kappa shape index (κ1) is 19.8. The highest BCUT2D eigenvalue weighted by atomic mass is 19.1. The van der Waals surface area contributed by atoms with Gasteiger partial charge in [0.1, 0.15) is 5.82 Å². The van der Waals surface area contributed by atoms with Crippen molar-refractivity contribution >= 4 is 11.8 Å². The molecule has 1 aliphatic heterocycles. The number of hydrogen-bond acceptors (Lipinski definition) is 3. The summed E-state index contributed by atoms with van der Waals surface area (Å²) in [6, 6.07) is 6.66. The normalized spacial score (nSPS) is 23.9. The monoisotopic (exact) mass is 375 g/mol. The molecule has 0 bridgehead atoms. The maximum atomic E-state index is 13.6. The molecule has 27 heavy (non-hydrogen) atoms. The van der Waals surface area contributed by atoms with E-state index in [9.17, 15) is 14.0 Å². The Kier molecular flexibility index (Phi) is 6.83. The molecule has 0 radical (unpaired) electrons. The lowest BCUT2D eigenvalue weighted by molar-refractivity contribution is -0.139. The lowest BCUT2D eigenvalue weighted by Crippen LogP contribution is -2.49. The van der Waals surface area contributed by atoms with E-state index in [-0.39, 0.29) is 29.5 Å². The molecule has 0 aromatic heterocycles. The summed E-state index contributed by atoms with van der Waals surface area (Å²) in [6.45, 7) is 3.94. The van der Waals surface area contributed by atoms with E-state index in [1.165, 1.54) is 6.07 Å². The second kappa shape index (κ2) is 9.31. The van der Waals surface area contributed by atoms with Crippen LogP contribution in [0.3, 0.4) is 0 Å². The van der Waals surface area contributed by atoms with Crippen molar-refractivity contribution in [2.45, 2.75) is 32.1 Å². The molecule has 2 aliphatic rings. The number of hydrogen-bond donors (Lipinski definition) is 1. The number of benzene rings is 1. The number of carbonyl (C=O) groups excluding carboxylic acids is 2. The lowest BCUT2D eigenvalue weighted by Gasteiger charge is -2.36. The van der Waals surface area contributed by atoms with E-state index in [2.05, 4.69) is 17.3 Å². The number of rotatable bonds is 5. The molecule has 1 saturated heterocycles. The SMILES string of the molecule is CN1CCN(C(=O)C2CCC(C(=O)NCCc3ccccc3F)CC2)CC1. The standard InChI is InChI=1S/C21H30FN3O2/c1-24-12-14-25(15-13-24)21(27)18-8-6-17(7-9-18)20(26)23-11-10-16-4-2-3-5-19(16)22/h2-5,17-18H,6-15H2,1H3,(H,23,26). The van der Waals surface area contributed by atoms with Crippen molar-refractivity contribution in [3.63, 3.8) is 0 Å². The smallest absolute Gasteiger partial charge is 0.225 e. The molecule has 2 fully saturated rings. The van der Waals surface area contributed by atoms with Gasteiger partial charge in [0.25, 0.3) is 0 Å². The number of nitrogens with one attached hydrogen (secondary N) is 1. The Balaban J connectivity index is 1.39. The molecule has 0 spiro atoms. The molecule has 0 atom stereocenters. The van der Waals surface area contributed by atoms with Gasteiger partial charge in [0, 0.05) is 44.6 Å². The van der Waals surface area contributed by atoms with E-state index in [0.29, 0.717) is 18.5 Å². The van der Waals surface area contributed by atoms with Gasteiger partial charge in [0.05, 0.1) is 0 Å². The van der Waals surface area contributed by atoms with Crippen LogP contribution in [0.15, 0.2) is 24.3 Å². The molecule has 1 aromatic carbocycles. The summed E-state index contributed by atoms with van der Waals surface area (Å²) in [5.74, 6) is 0.117. The number of nitrogens with zero attached hydrogens (tertiary/aromatic N) is 2. The second-order valence-corrected chi connectivity index (χ2v) is 7.81. The van der Waals surface area contributed by atoms with E-state index < -0.39 is 0 Å². The fourth-order valence-electron chi connectivity index (χ4n) is 4.05. The van der Waals surface area contributed by atoms with E-state index in [0.717, 1.165) is 51.9 Å². The van der Waals surface area contributed by atoms with E-state index >= 15 is 0 Å². The molecule has 1 N–H and O–H groups in total. The van der Waals surface area contributed by atoms with Crippen LogP contribution >= 0.6 is 0 Å². The van der Waals surface area contributed by atoms with Gasteiger partial charge in [-0.15, -0.1) is 0 Å². The van der Waals surface area contributed by atoms with Crippen molar-refractivity contribution in [3.8, 4) is 0 Å². The summed E-state index contributed by atoms with van der Waals surface area (Å²) in [4.78, 5) is 29.3. The van der Waals surface area contributed by atoms with Crippen LogP contribution in [0.1, 0.15) is 31.2 Å². The average molecular weight is 375 g/mol. The quantitative estimate of drug-likeness (QED) is 0.857. The predicted octanol–water partition coefficient (Wildman–Crippen LogP) is 2.06. The minimum atomic E-state index is -0.227. The summed E-state index contributed by atoms with van der Waals surface area (Å²) in [6.07, 6.45) is 3.59. The van der Waals surface area contributed by atoms with Crippen molar-refractivity contribution in [3.05, 3.63) is 35.6 Å². The van der Waals surface area contributed by atoms with Crippen molar-refractivity contribution < 1.29 is 14.0 Å². The van der Waals surface area contributed by atoms with Crippen LogP contribution < -0.4 is 5.32 Å². The summed E-state index contributed by atoms with van der Waals surface area (Å²) in [5.41, 5.74) is 0.624. The van der Waals surface area contributed by atoms with Gasteiger partial charge < -0.3 is 15.1 Å². The van der Waals surface area contributed by atoms with Crippen molar-refractivity contribution in [1.29, 1.82) is 0 Å². The molecule has 1 heterocycles. The Morgan fingerprint density at radius 3 is 2.33 bits per heavy atom. The van der Waals surface area contributed by atoms with Crippen LogP contribution in [-0.2, 0) is 16.0 Å². The van der Waals surface area contributed by atoms with Crippen molar-refractivity contribution in [2.75, 3.05) is 39.8 Å². The van der Waals surface area contributed by atoms with Gasteiger partial charge in [-0.2, -0.15) is 0 Å². The second-order valence-electron chi connectivity index (χ2n) is 7.81. The first-order chi connectivity index (χ1) is 13.0. The molecule has 1 saturated carbocycles. The third kappa shape index (κ3) is 5.28. The Labute approximate surface area is 160 Å². The van der Waals surface area contributed by atoms with Gasteiger partial charge in [-0.1, -0.05) is 18.2 Å². The van der Waals surface area contributed by atoms with Crippen LogP contribution in [0, 0.1) is 17.7 Å². The van der Waals surface area contributed by atoms with E-state index in [4.69, 9.17) is 0 Å². The number of likely N-dealkylation sites (N-methyl/N-ethyl adjacent to an activating group) is 1. The highest BCUT2D eigenvalue weighted by molar-refractivity contribution is 5.81. The fraction of sp³-hybridized carbons (Fsp3) is 0.619. The molecular formula is C21H30FN3O2. The predicted molar refractivity (Wildman–Crippen MR) is 103 cm³/mol. The van der Waals surface area contributed by atoms with Crippen LogP contribution in [0.4, 0.5) is 4.39 Å². The number of amides is 2. The summed E-state index contributed by atoms with van der Waals surface area (Å²) >= 11 is 0. The highest BCUT2D eigenvalue weighted by Crippen LogP contribution is 2.30. The minimum absolute atomic E-state index is 0.0258. The molecule has 3 rings (SSSR count). The van der Waals surface area contributed by atoms with Gasteiger partial charge in [0.2, 0.25) is 11.8 Å². The summed E-state index contributed by atoms with van der Waals surface area (Å²) < 4.78 is 13.6. The van der Waals surface area contributed by atoms with Gasteiger partial charge in [0.15, 0.2) is 0 Å². The topological polar surface area (TPSA) is 52.7 Å². The molecule has 2 amide bonds. The van der Waals surface area contributed by atoms with Crippen molar-refractivity contribution in [1.82, 2.24) is 15.1 Å². The zero-order chi connectivity index (χ0) is 19.2. The Hall–Kier alpha value is -1.95. The Bertz CT molecular complexity index is 651. The van der Waals surface area contributed by atoms with Crippen molar-refractivity contribution in [2.24, 2.45) is 11.8 Å². The molecule has 6 heteroatoms. The lowest BCUT2D eigenvalue weighted by atomic mass is 9.81. The Morgan fingerprint density at radius 1 is 1.04 bits per heavy atom. The first-order valence-electron chi connectivity index (χ1n) is 10.0. The third-order valence-corrected chi connectivity index (χ3v) is 5.91. The molecule has 148 valence electrons. The average Bonchev–Trinajstić information content (AvgIpc) is 2.69. The number of piperazine rings is 1. The molecule has 5 nitrogen and oxygen atoms in total. The fourth-order valence-corrected chi connectivity index (χ4v) is 4.05. The van der Waals surface area contributed by atoms with Gasteiger partial charge in [-0.05, 0) is 50.8 Å². The summed E-state index contributed by atoms with van der Waals surface area (Å²) in [5, 5.41) is 2.93. The van der Waals surface area contributed by atoms with Gasteiger partial charge in [-0.3, -0.25) is 9.59 Å². The minimum Gasteiger partial charge on any atom is -0.356 e. The van der Waals surface area contributed by atoms with Crippen LogP contribution in [-0.4, -0.2) is 61.4 Å². The van der Waals surface area contributed by atoms with E-state index in [1.54, 1.807) is 18.2 Å². The van der Waals surface area contributed by atoms with Gasteiger partial charge >= 0.3 is 0 Å². The number of halogens is 1. The largest absolute Gasteiger partial charge is 0.356 e. The van der Waals surface area contributed by atoms with Gasteiger partial charge in [-0.25, -0.2) is 4.39 Å². The zero-order valence-corrected chi connectivity index (χ0v) is 16.1. The zero-order valence-electron chi connectivity index (χ0n) is 16.1. The molecule has 1 aliphatic carbocycles. The Morgan fingerprint density at radius 2 is 1.67 bits per heavy atom. The number of carbonyl (C=O) groups is 2. The maximum Gasteiger partial charge on any atom is 0.225 e. The molecule has 0 unspecified atom stereocenters. The van der Waals surface area contributed by atoms with E-state index in [1.807, 2.05) is 4.90 Å². The third-order valence-electron chi connectivity index (χ3n) is 5.91. The summed E-state index contributed by atoms with van der Waals surface area (Å²) in [7, 11) is 2.08. The maximum absolute atomic E-state index is 13.6. The molecular weight excluding hydrogens is 345 g/mol. The highest BCUT2D eigenvalue weighted by Gasteiger charge is 2.32. The van der Waals surface area contributed by atoms with Crippen LogP contribution in [0.5, 0.6) is 0 Å². The first-order valence-corrected chi connectivity index (χ1v) is 10.0.